The van der Waals surface area contributed by atoms with Gasteiger partial charge >= 0.3 is 6.01 Å². The summed E-state index contributed by atoms with van der Waals surface area (Å²) in [6, 6.07) is 7.71. The van der Waals surface area contributed by atoms with Crippen molar-refractivity contribution >= 4 is 11.7 Å². The number of aromatic nitrogens is 2. The van der Waals surface area contributed by atoms with Crippen molar-refractivity contribution in [1.82, 2.24) is 10.2 Å². The van der Waals surface area contributed by atoms with Crippen molar-refractivity contribution in [2.75, 3.05) is 23.3 Å². The van der Waals surface area contributed by atoms with Crippen LogP contribution in [-0.2, 0) is 6.42 Å². The van der Waals surface area contributed by atoms with Crippen LogP contribution in [0.1, 0.15) is 32.1 Å². The number of rotatable bonds is 5. The Balaban J connectivity index is 1.54. The van der Waals surface area contributed by atoms with Gasteiger partial charge in [-0.05, 0) is 31.4 Å². The number of halogens is 1. The molecule has 0 bridgehead atoms. The van der Waals surface area contributed by atoms with Crippen LogP contribution in [0.25, 0.3) is 0 Å². The molecule has 1 aromatic carbocycles. The average Bonchev–Trinajstić information content (AvgIpc) is 2.96. The van der Waals surface area contributed by atoms with Crippen LogP contribution in [0.2, 0.25) is 0 Å². The summed E-state index contributed by atoms with van der Waals surface area (Å²) in [4.78, 5) is 2.09. The first-order valence-electron chi connectivity index (χ1n) is 7.84. The third-order valence-electron chi connectivity index (χ3n) is 3.95. The lowest BCUT2D eigenvalue weighted by Gasteiger charge is -2.33. The monoisotopic (exact) mass is 304 g/mol. The largest absolute Gasteiger partial charge is 0.408 e. The number of piperidine rings is 1. The lowest BCUT2D eigenvalue weighted by atomic mass is 10.0. The van der Waals surface area contributed by atoms with E-state index in [1.54, 1.807) is 6.07 Å². The number of hydrogen-bond donors (Lipinski definition) is 1. The van der Waals surface area contributed by atoms with E-state index in [-0.39, 0.29) is 11.9 Å². The summed E-state index contributed by atoms with van der Waals surface area (Å²) in [5.41, 5.74) is 0.684. The first kappa shape index (κ1) is 14.8. The van der Waals surface area contributed by atoms with Crippen molar-refractivity contribution in [3.05, 3.63) is 36.0 Å². The summed E-state index contributed by atoms with van der Waals surface area (Å²) in [7, 11) is 0. The summed E-state index contributed by atoms with van der Waals surface area (Å²) < 4.78 is 19.4. The highest BCUT2D eigenvalue weighted by Crippen LogP contribution is 2.24. The lowest BCUT2D eigenvalue weighted by molar-refractivity contribution is 0.470. The molecule has 5 nitrogen and oxygen atoms in total. The molecule has 0 aliphatic carbocycles. The standard InChI is InChI=1S/C16H21FN4O/c1-2-5-15-19-20-16(22-15)18-12-8-10-21(11-9-12)14-7-4-3-6-13(14)17/h3-4,6-7,12H,2,5,8-11H2,1H3,(H,18,20). The van der Waals surface area contributed by atoms with Crippen molar-refractivity contribution in [2.24, 2.45) is 0 Å². The normalized spacial score (nSPS) is 16.0. The van der Waals surface area contributed by atoms with Crippen LogP contribution < -0.4 is 10.2 Å². The van der Waals surface area contributed by atoms with Gasteiger partial charge in [0.2, 0.25) is 5.89 Å². The molecule has 0 radical (unpaired) electrons. The van der Waals surface area contributed by atoms with Crippen LogP contribution >= 0.6 is 0 Å². The first-order chi connectivity index (χ1) is 10.8. The van der Waals surface area contributed by atoms with E-state index < -0.39 is 0 Å². The molecule has 2 aromatic rings. The Morgan fingerprint density at radius 3 is 2.77 bits per heavy atom. The molecule has 118 valence electrons. The Morgan fingerprint density at radius 1 is 1.27 bits per heavy atom. The molecule has 1 aromatic heterocycles. The first-order valence-corrected chi connectivity index (χ1v) is 7.84. The molecule has 0 amide bonds. The zero-order valence-corrected chi connectivity index (χ0v) is 12.8. The predicted octanol–water partition coefficient (Wildman–Crippen LogP) is 3.24. The Bertz CT molecular complexity index is 608. The van der Waals surface area contributed by atoms with E-state index in [9.17, 15) is 4.39 Å². The highest BCUT2D eigenvalue weighted by Gasteiger charge is 2.22. The molecule has 2 heterocycles. The van der Waals surface area contributed by atoms with Crippen LogP contribution in [0.15, 0.2) is 28.7 Å². The van der Waals surface area contributed by atoms with Crippen molar-refractivity contribution in [3.63, 3.8) is 0 Å². The van der Waals surface area contributed by atoms with Crippen LogP contribution in [0.4, 0.5) is 16.1 Å². The minimum Gasteiger partial charge on any atom is -0.408 e. The molecular formula is C16H21FN4O. The van der Waals surface area contributed by atoms with E-state index in [4.69, 9.17) is 4.42 Å². The Kier molecular flexibility index (Phi) is 4.56. The Morgan fingerprint density at radius 2 is 2.05 bits per heavy atom. The van der Waals surface area contributed by atoms with Crippen LogP contribution in [0, 0.1) is 5.82 Å². The summed E-state index contributed by atoms with van der Waals surface area (Å²) in [6.07, 6.45) is 3.63. The predicted molar refractivity (Wildman–Crippen MR) is 83.6 cm³/mol. The molecule has 0 spiro atoms. The summed E-state index contributed by atoms with van der Waals surface area (Å²) >= 11 is 0. The summed E-state index contributed by atoms with van der Waals surface area (Å²) in [5, 5.41) is 11.3. The Labute approximate surface area is 129 Å². The molecule has 0 saturated carbocycles. The maximum absolute atomic E-state index is 13.8. The third kappa shape index (κ3) is 3.37. The molecule has 1 fully saturated rings. The minimum absolute atomic E-state index is 0.157. The van der Waals surface area contributed by atoms with Gasteiger partial charge in [0.05, 0.1) is 5.69 Å². The highest BCUT2D eigenvalue weighted by molar-refractivity contribution is 5.48. The fraction of sp³-hybridized carbons (Fsp3) is 0.500. The zero-order chi connectivity index (χ0) is 15.4. The SMILES string of the molecule is CCCc1nnc(NC2CCN(c3ccccc3F)CC2)o1. The van der Waals surface area contributed by atoms with Gasteiger partial charge in [0.25, 0.3) is 0 Å². The molecule has 22 heavy (non-hydrogen) atoms. The molecular weight excluding hydrogens is 283 g/mol. The number of aryl methyl sites for hydroxylation is 1. The quantitative estimate of drug-likeness (QED) is 0.919. The van der Waals surface area contributed by atoms with Crippen molar-refractivity contribution in [1.29, 1.82) is 0 Å². The lowest BCUT2D eigenvalue weighted by Crippen LogP contribution is -2.39. The number of nitrogens with zero attached hydrogens (tertiary/aromatic N) is 3. The van der Waals surface area contributed by atoms with E-state index in [1.165, 1.54) is 6.07 Å². The average molecular weight is 304 g/mol. The van der Waals surface area contributed by atoms with Gasteiger partial charge in [0, 0.05) is 25.6 Å². The molecule has 6 heteroatoms. The van der Waals surface area contributed by atoms with E-state index in [1.807, 2.05) is 12.1 Å². The molecule has 3 rings (SSSR count). The van der Waals surface area contributed by atoms with E-state index in [2.05, 4.69) is 27.3 Å². The third-order valence-corrected chi connectivity index (χ3v) is 3.95. The highest BCUT2D eigenvalue weighted by atomic mass is 19.1. The van der Waals surface area contributed by atoms with Gasteiger partial charge in [-0.3, -0.25) is 0 Å². The molecule has 1 aliphatic heterocycles. The number of hydrogen-bond acceptors (Lipinski definition) is 5. The number of anilines is 2. The Hall–Kier alpha value is -2.11. The van der Waals surface area contributed by atoms with Gasteiger partial charge in [-0.1, -0.05) is 24.2 Å². The maximum Gasteiger partial charge on any atom is 0.315 e. The van der Waals surface area contributed by atoms with Gasteiger partial charge in [0.1, 0.15) is 5.82 Å². The fourth-order valence-electron chi connectivity index (χ4n) is 2.77. The van der Waals surface area contributed by atoms with Gasteiger partial charge in [-0.2, -0.15) is 0 Å². The number of para-hydroxylation sites is 1. The molecule has 0 unspecified atom stereocenters. The number of benzene rings is 1. The van der Waals surface area contributed by atoms with Gasteiger partial charge < -0.3 is 14.6 Å². The van der Waals surface area contributed by atoms with E-state index in [0.717, 1.165) is 38.8 Å². The van der Waals surface area contributed by atoms with Crippen LogP contribution in [0.5, 0.6) is 0 Å². The summed E-state index contributed by atoms with van der Waals surface area (Å²) in [6.45, 7) is 3.71. The molecule has 1 aliphatic rings. The zero-order valence-electron chi connectivity index (χ0n) is 12.8. The van der Waals surface area contributed by atoms with Gasteiger partial charge in [-0.25, -0.2) is 4.39 Å². The van der Waals surface area contributed by atoms with Crippen LogP contribution in [0.3, 0.4) is 0 Å². The molecule has 1 N–H and O–H groups in total. The smallest absolute Gasteiger partial charge is 0.315 e. The fourth-order valence-corrected chi connectivity index (χ4v) is 2.77. The second-order valence-corrected chi connectivity index (χ2v) is 5.61. The molecule has 1 saturated heterocycles. The second-order valence-electron chi connectivity index (χ2n) is 5.61. The second kappa shape index (κ2) is 6.77. The van der Waals surface area contributed by atoms with E-state index in [0.29, 0.717) is 17.6 Å². The van der Waals surface area contributed by atoms with Crippen molar-refractivity contribution < 1.29 is 8.81 Å². The minimum atomic E-state index is -0.157. The topological polar surface area (TPSA) is 54.2 Å². The summed E-state index contributed by atoms with van der Waals surface area (Å²) in [5.74, 6) is 0.517. The van der Waals surface area contributed by atoms with Crippen molar-refractivity contribution in [2.45, 2.75) is 38.6 Å². The van der Waals surface area contributed by atoms with Gasteiger partial charge in [-0.15, -0.1) is 5.10 Å². The molecule has 0 atom stereocenters. The van der Waals surface area contributed by atoms with Crippen LogP contribution in [-0.4, -0.2) is 29.3 Å². The van der Waals surface area contributed by atoms with Gasteiger partial charge in [0.15, 0.2) is 0 Å². The van der Waals surface area contributed by atoms with Crippen molar-refractivity contribution in [3.8, 4) is 0 Å². The van der Waals surface area contributed by atoms with E-state index >= 15 is 0 Å². The number of nitrogens with one attached hydrogen (secondary N) is 1. The maximum atomic E-state index is 13.8.